The van der Waals surface area contributed by atoms with Crippen molar-refractivity contribution in [3.63, 3.8) is 0 Å². The van der Waals surface area contributed by atoms with Gasteiger partial charge in [-0.1, -0.05) is 26.2 Å². The Bertz CT molecular complexity index is 262. The zero-order chi connectivity index (χ0) is 10.4. The van der Waals surface area contributed by atoms with Crippen molar-refractivity contribution in [1.82, 2.24) is 5.43 Å². The molecule has 14 heavy (non-hydrogen) atoms. The van der Waals surface area contributed by atoms with Gasteiger partial charge in [-0.15, -0.1) is 0 Å². The molecule has 0 bridgehead atoms. The van der Waals surface area contributed by atoms with E-state index in [9.17, 15) is 0 Å². The fourth-order valence-electron chi connectivity index (χ4n) is 1.42. The van der Waals surface area contributed by atoms with Crippen LogP contribution in [-0.2, 0) is 0 Å². The van der Waals surface area contributed by atoms with Crippen molar-refractivity contribution in [3.05, 3.63) is 23.1 Å². The summed E-state index contributed by atoms with van der Waals surface area (Å²) in [6.45, 7) is 2.18. The zero-order valence-corrected chi connectivity index (χ0v) is 9.18. The molecule has 0 spiro atoms. The Morgan fingerprint density at radius 3 is 2.79 bits per heavy atom. The molecule has 80 valence electrons. The summed E-state index contributed by atoms with van der Waals surface area (Å²) < 4.78 is 5.29. The van der Waals surface area contributed by atoms with Gasteiger partial charge in [-0.05, 0) is 30.2 Å². The zero-order valence-electron chi connectivity index (χ0n) is 8.42. The van der Waals surface area contributed by atoms with Crippen molar-refractivity contribution in [2.24, 2.45) is 5.84 Å². The fourth-order valence-corrected chi connectivity index (χ4v) is 1.57. The lowest BCUT2D eigenvalue weighted by atomic mass is 10.1. The average molecular weight is 217 g/mol. The predicted molar refractivity (Wildman–Crippen MR) is 57.9 cm³/mol. The van der Waals surface area contributed by atoms with Gasteiger partial charge in [-0.25, -0.2) is 5.43 Å². The Kier molecular flexibility index (Phi) is 5.01. The van der Waals surface area contributed by atoms with Crippen molar-refractivity contribution < 1.29 is 4.42 Å². The number of hydrazine groups is 1. The summed E-state index contributed by atoms with van der Waals surface area (Å²) in [5.74, 6) is 6.26. The van der Waals surface area contributed by atoms with Crippen molar-refractivity contribution >= 4 is 11.6 Å². The Labute approximate surface area is 89.6 Å². The van der Waals surface area contributed by atoms with E-state index in [1.807, 2.05) is 6.07 Å². The third kappa shape index (κ3) is 3.33. The van der Waals surface area contributed by atoms with Crippen LogP contribution >= 0.6 is 11.6 Å². The summed E-state index contributed by atoms with van der Waals surface area (Å²) in [5.41, 5.74) is 2.74. The topological polar surface area (TPSA) is 51.2 Å². The Morgan fingerprint density at radius 2 is 2.29 bits per heavy atom. The first kappa shape index (κ1) is 11.6. The number of hydrogen-bond donors (Lipinski definition) is 2. The van der Waals surface area contributed by atoms with Crippen LogP contribution in [0.1, 0.15) is 44.4 Å². The molecule has 0 saturated carbocycles. The first-order chi connectivity index (χ1) is 6.77. The summed E-state index contributed by atoms with van der Waals surface area (Å²) in [6, 6.07) is 3.67. The molecule has 3 N–H and O–H groups in total. The molecule has 0 aromatic carbocycles. The van der Waals surface area contributed by atoms with Crippen molar-refractivity contribution in [2.45, 2.75) is 38.6 Å². The molecule has 1 unspecified atom stereocenters. The molecule has 0 saturated heterocycles. The van der Waals surface area contributed by atoms with Crippen LogP contribution in [-0.4, -0.2) is 0 Å². The molecule has 0 aliphatic carbocycles. The first-order valence-corrected chi connectivity index (χ1v) is 5.37. The third-order valence-corrected chi connectivity index (χ3v) is 2.44. The van der Waals surface area contributed by atoms with Crippen LogP contribution < -0.4 is 11.3 Å². The molecule has 1 rings (SSSR count). The minimum Gasteiger partial charge on any atom is -0.448 e. The highest BCUT2D eigenvalue weighted by molar-refractivity contribution is 6.28. The van der Waals surface area contributed by atoms with Crippen LogP contribution in [0.15, 0.2) is 16.5 Å². The molecule has 0 radical (unpaired) electrons. The maximum atomic E-state index is 5.69. The molecule has 3 nitrogen and oxygen atoms in total. The number of rotatable bonds is 6. The summed E-state index contributed by atoms with van der Waals surface area (Å²) in [7, 11) is 0. The number of nitrogens with one attached hydrogen (secondary N) is 1. The van der Waals surface area contributed by atoms with Gasteiger partial charge in [-0.3, -0.25) is 5.84 Å². The normalized spacial score (nSPS) is 13.1. The molecule has 1 heterocycles. The molecule has 0 aliphatic rings. The van der Waals surface area contributed by atoms with Gasteiger partial charge in [0.25, 0.3) is 0 Å². The smallest absolute Gasteiger partial charge is 0.193 e. The van der Waals surface area contributed by atoms with Crippen LogP contribution in [0, 0.1) is 0 Å². The molecule has 1 atom stereocenters. The second kappa shape index (κ2) is 6.06. The first-order valence-electron chi connectivity index (χ1n) is 4.99. The lowest BCUT2D eigenvalue weighted by Gasteiger charge is -2.12. The second-order valence-corrected chi connectivity index (χ2v) is 3.73. The van der Waals surface area contributed by atoms with Crippen LogP contribution in [0.5, 0.6) is 0 Å². The van der Waals surface area contributed by atoms with Gasteiger partial charge >= 0.3 is 0 Å². The average Bonchev–Trinajstić information content (AvgIpc) is 2.60. The monoisotopic (exact) mass is 216 g/mol. The summed E-state index contributed by atoms with van der Waals surface area (Å²) >= 11 is 5.69. The van der Waals surface area contributed by atoms with E-state index < -0.39 is 0 Å². The molecule has 0 amide bonds. The van der Waals surface area contributed by atoms with Gasteiger partial charge in [-0.2, -0.15) is 0 Å². The maximum absolute atomic E-state index is 5.69. The van der Waals surface area contributed by atoms with Crippen LogP contribution in [0.25, 0.3) is 0 Å². The lowest BCUT2D eigenvalue weighted by Crippen LogP contribution is -2.27. The minimum absolute atomic E-state index is 0.0778. The van der Waals surface area contributed by atoms with Crippen molar-refractivity contribution in [3.8, 4) is 0 Å². The third-order valence-electron chi connectivity index (χ3n) is 2.23. The number of hydrogen-bond acceptors (Lipinski definition) is 3. The van der Waals surface area contributed by atoms with E-state index in [1.165, 1.54) is 12.8 Å². The van der Waals surface area contributed by atoms with Gasteiger partial charge in [0.1, 0.15) is 5.76 Å². The Hall–Kier alpha value is -0.510. The molecule has 0 fully saturated rings. The largest absolute Gasteiger partial charge is 0.448 e. The molecule has 1 aromatic heterocycles. The van der Waals surface area contributed by atoms with Gasteiger partial charge in [0.15, 0.2) is 5.22 Å². The molecular formula is C10H17ClN2O. The second-order valence-electron chi connectivity index (χ2n) is 3.36. The Morgan fingerprint density at radius 1 is 1.50 bits per heavy atom. The number of nitrogens with two attached hydrogens (primary N) is 1. The van der Waals surface area contributed by atoms with Gasteiger partial charge in [0.2, 0.25) is 0 Å². The fraction of sp³-hybridized carbons (Fsp3) is 0.600. The SMILES string of the molecule is CCCCCC(NN)c1ccc(Cl)o1. The van der Waals surface area contributed by atoms with Crippen molar-refractivity contribution in [1.29, 1.82) is 0 Å². The van der Waals surface area contributed by atoms with E-state index in [2.05, 4.69) is 12.3 Å². The highest BCUT2D eigenvalue weighted by atomic mass is 35.5. The standard InChI is InChI=1S/C10H17ClN2O/c1-2-3-4-5-8(13-12)9-6-7-10(11)14-9/h6-8,13H,2-5,12H2,1H3. The van der Waals surface area contributed by atoms with Gasteiger partial charge < -0.3 is 4.42 Å². The molecular weight excluding hydrogens is 200 g/mol. The highest BCUT2D eigenvalue weighted by Gasteiger charge is 2.12. The minimum atomic E-state index is 0.0778. The van der Waals surface area contributed by atoms with E-state index in [0.717, 1.165) is 18.6 Å². The predicted octanol–water partition coefficient (Wildman–Crippen LogP) is 3.02. The quantitative estimate of drug-likeness (QED) is 0.437. The number of unbranched alkanes of at least 4 members (excludes halogenated alkanes) is 2. The number of furan rings is 1. The van der Waals surface area contributed by atoms with E-state index in [1.54, 1.807) is 6.07 Å². The summed E-state index contributed by atoms with van der Waals surface area (Å²) in [5, 5.41) is 0.413. The Balaban J connectivity index is 2.45. The maximum Gasteiger partial charge on any atom is 0.193 e. The van der Waals surface area contributed by atoms with E-state index in [0.29, 0.717) is 5.22 Å². The lowest BCUT2D eigenvalue weighted by molar-refractivity contribution is 0.391. The van der Waals surface area contributed by atoms with Crippen molar-refractivity contribution in [2.75, 3.05) is 0 Å². The molecule has 1 aromatic rings. The van der Waals surface area contributed by atoms with Gasteiger partial charge in [0, 0.05) is 0 Å². The van der Waals surface area contributed by atoms with Gasteiger partial charge in [0.05, 0.1) is 6.04 Å². The van der Waals surface area contributed by atoms with E-state index in [-0.39, 0.29) is 6.04 Å². The van der Waals surface area contributed by atoms with Crippen LogP contribution in [0.2, 0.25) is 5.22 Å². The van der Waals surface area contributed by atoms with E-state index in [4.69, 9.17) is 21.9 Å². The summed E-state index contributed by atoms with van der Waals surface area (Å²) in [4.78, 5) is 0. The molecule has 0 aliphatic heterocycles. The summed E-state index contributed by atoms with van der Waals surface area (Å²) in [6.07, 6.45) is 4.54. The molecule has 4 heteroatoms. The highest BCUT2D eigenvalue weighted by Crippen LogP contribution is 2.23. The van der Waals surface area contributed by atoms with Crippen LogP contribution in [0.4, 0.5) is 0 Å². The number of halogens is 1. The van der Waals surface area contributed by atoms with Crippen LogP contribution in [0.3, 0.4) is 0 Å². The van der Waals surface area contributed by atoms with E-state index >= 15 is 0 Å².